The van der Waals surface area contributed by atoms with Crippen LogP contribution >= 0.6 is 11.6 Å². The molecule has 1 fully saturated rings. The van der Waals surface area contributed by atoms with E-state index in [1.165, 1.54) is 17.0 Å². The van der Waals surface area contributed by atoms with E-state index in [-0.39, 0.29) is 11.3 Å². The van der Waals surface area contributed by atoms with Crippen LogP contribution in [0.25, 0.3) is 22.3 Å². The van der Waals surface area contributed by atoms with Gasteiger partial charge in [0.2, 0.25) is 6.41 Å². The summed E-state index contributed by atoms with van der Waals surface area (Å²) in [6.07, 6.45) is 5.05. The average Bonchev–Trinajstić information content (AvgIpc) is 3.18. The van der Waals surface area contributed by atoms with Gasteiger partial charge >= 0.3 is 0 Å². The van der Waals surface area contributed by atoms with Crippen molar-refractivity contribution in [1.29, 1.82) is 0 Å². The molecule has 1 aliphatic heterocycles. The Morgan fingerprint density at radius 2 is 1.62 bits per heavy atom. The van der Waals surface area contributed by atoms with Crippen LogP contribution in [-0.4, -0.2) is 67.1 Å². The van der Waals surface area contributed by atoms with Crippen molar-refractivity contribution >= 4 is 29.4 Å². The third-order valence-corrected chi connectivity index (χ3v) is 7.52. The highest BCUT2D eigenvalue weighted by molar-refractivity contribution is 6.34. The number of carbonyl (C=O) groups is 1. The molecule has 1 amide bonds. The lowest BCUT2D eigenvalue weighted by Gasteiger charge is -2.34. The van der Waals surface area contributed by atoms with Crippen molar-refractivity contribution in [2.45, 2.75) is 32.7 Å². The number of carbonyl (C=O) groups excluding carboxylic acids is 1. The number of halogens is 2. The van der Waals surface area contributed by atoms with Gasteiger partial charge in [-0.2, -0.15) is 0 Å². The van der Waals surface area contributed by atoms with Crippen molar-refractivity contribution in [1.82, 2.24) is 9.80 Å². The van der Waals surface area contributed by atoms with E-state index in [0.717, 1.165) is 43.9 Å². The van der Waals surface area contributed by atoms with Gasteiger partial charge in [-0.15, -0.1) is 0 Å². The summed E-state index contributed by atoms with van der Waals surface area (Å²) in [7, 11) is 3.69. The van der Waals surface area contributed by atoms with Crippen molar-refractivity contribution < 1.29 is 14.3 Å². The summed E-state index contributed by atoms with van der Waals surface area (Å²) in [6, 6.07) is 15.6. The van der Waals surface area contributed by atoms with Gasteiger partial charge in [0.05, 0.1) is 10.7 Å². The number of anilines is 2. The fourth-order valence-corrected chi connectivity index (χ4v) is 5.30. The summed E-state index contributed by atoms with van der Waals surface area (Å²) >= 11 is 6.54. The van der Waals surface area contributed by atoms with Crippen molar-refractivity contribution in [3.63, 3.8) is 0 Å². The molecule has 8 heteroatoms. The molecule has 212 valence electrons. The Morgan fingerprint density at radius 1 is 0.925 bits per heavy atom. The van der Waals surface area contributed by atoms with Gasteiger partial charge in [0.25, 0.3) is 0 Å². The molecule has 4 rings (SSSR count). The Balaban J connectivity index is 1.65. The Labute approximate surface area is 241 Å². The lowest BCUT2D eigenvalue weighted by Crippen LogP contribution is -2.43. The highest BCUT2D eigenvalue weighted by Gasteiger charge is 2.24. The van der Waals surface area contributed by atoms with Gasteiger partial charge in [0.15, 0.2) is 0 Å². The minimum atomic E-state index is -0.465. The minimum Gasteiger partial charge on any atom is -0.507 e. The zero-order chi connectivity index (χ0) is 29.0. The molecule has 1 N–H and O–H groups in total. The molecule has 0 aromatic heterocycles. The van der Waals surface area contributed by atoms with E-state index >= 15 is 0 Å². The van der Waals surface area contributed by atoms with Crippen LogP contribution in [0.3, 0.4) is 0 Å². The highest BCUT2D eigenvalue weighted by Crippen LogP contribution is 2.41. The van der Waals surface area contributed by atoms with Gasteiger partial charge in [0.1, 0.15) is 11.6 Å². The van der Waals surface area contributed by atoms with Crippen molar-refractivity contribution in [2.75, 3.05) is 50.1 Å². The maximum Gasteiger partial charge on any atom is 0.218 e. The number of phenolic OH excluding ortho intramolecular Hbond substituents is 1. The monoisotopic (exact) mass is 564 g/mol. The zero-order valence-electron chi connectivity index (χ0n) is 23.9. The minimum absolute atomic E-state index is 0.0307. The fourth-order valence-electron chi connectivity index (χ4n) is 5.02. The quantitative estimate of drug-likeness (QED) is 0.319. The lowest BCUT2D eigenvalue weighted by atomic mass is 9.96. The van der Waals surface area contributed by atoms with Crippen molar-refractivity contribution in [2.24, 2.45) is 0 Å². The van der Waals surface area contributed by atoms with Crippen LogP contribution < -0.4 is 9.80 Å². The molecule has 3 aromatic carbocycles. The highest BCUT2D eigenvalue weighted by atomic mass is 35.5. The molecule has 3 aromatic rings. The van der Waals surface area contributed by atoms with Crippen LogP contribution in [0.2, 0.25) is 5.02 Å². The molecule has 0 bridgehead atoms. The summed E-state index contributed by atoms with van der Waals surface area (Å²) in [5.41, 5.74) is 3.65. The van der Waals surface area contributed by atoms with Crippen LogP contribution in [0.5, 0.6) is 5.75 Å². The van der Waals surface area contributed by atoms with E-state index in [4.69, 9.17) is 11.6 Å². The topological polar surface area (TPSA) is 50.3 Å². The second-order valence-electron chi connectivity index (χ2n) is 11.3. The molecule has 6 nitrogen and oxygen atoms in total. The third-order valence-electron chi connectivity index (χ3n) is 7.22. The predicted molar refractivity (Wildman–Crippen MR) is 163 cm³/mol. The summed E-state index contributed by atoms with van der Waals surface area (Å²) in [6.45, 7) is 10.6. The van der Waals surface area contributed by atoms with E-state index in [9.17, 15) is 14.3 Å². The maximum absolute atomic E-state index is 15.0. The predicted octanol–water partition coefficient (Wildman–Crippen LogP) is 6.82. The van der Waals surface area contributed by atoms with Crippen LogP contribution in [0.15, 0.2) is 67.0 Å². The molecule has 0 aliphatic carbocycles. The van der Waals surface area contributed by atoms with E-state index in [2.05, 4.69) is 36.6 Å². The normalized spacial score (nSPS) is 14.8. The van der Waals surface area contributed by atoms with Gasteiger partial charge in [-0.1, -0.05) is 29.8 Å². The first-order valence-electron chi connectivity index (χ1n) is 13.5. The first-order chi connectivity index (χ1) is 19.0. The number of phenols is 1. The van der Waals surface area contributed by atoms with Gasteiger partial charge in [0, 0.05) is 75.0 Å². The molecule has 1 aliphatic rings. The molecule has 0 atom stereocenters. The molecule has 0 unspecified atom stereocenters. The van der Waals surface area contributed by atoms with E-state index in [1.807, 2.05) is 32.3 Å². The van der Waals surface area contributed by atoms with E-state index in [1.54, 1.807) is 35.5 Å². The van der Waals surface area contributed by atoms with Crippen LogP contribution in [0, 0.1) is 5.82 Å². The fraction of sp³-hybridized carbons (Fsp3) is 0.344. The lowest BCUT2D eigenvalue weighted by molar-refractivity contribution is -0.106. The molecular formula is C32H38ClFN4O2. The van der Waals surface area contributed by atoms with E-state index < -0.39 is 5.82 Å². The molecule has 0 radical (unpaired) electrons. The Hall–Kier alpha value is -3.55. The number of aromatic hydroxyl groups is 1. The van der Waals surface area contributed by atoms with Crippen molar-refractivity contribution in [3.05, 3.63) is 77.8 Å². The number of hydrogen-bond donors (Lipinski definition) is 1. The molecule has 1 heterocycles. The Bertz CT molecular complexity index is 1390. The second-order valence-corrected chi connectivity index (χ2v) is 11.7. The first kappa shape index (κ1) is 29.4. The van der Waals surface area contributed by atoms with Gasteiger partial charge in [-0.05, 0) is 74.7 Å². The number of rotatable bonds is 7. The molecular weight excluding hydrogens is 527 g/mol. The smallest absolute Gasteiger partial charge is 0.218 e. The van der Waals surface area contributed by atoms with Gasteiger partial charge < -0.3 is 14.9 Å². The summed E-state index contributed by atoms with van der Waals surface area (Å²) in [4.78, 5) is 19.7. The zero-order valence-corrected chi connectivity index (χ0v) is 24.6. The van der Waals surface area contributed by atoms with Crippen LogP contribution in [0.4, 0.5) is 15.8 Å². The molecule has 1 saturated heterocycles. The van der Waals surface area contributed by atoms with E-state index in [0.29, 0.717) is 33.8 Å². The van der Waals surface area contributed by atoms with Crippen LogP contribution in [0.1, 0.15) is 27.2 Å². The number of amides is 1. The molecule has 40 heavy (non-hydrogen) atoms. The summed E-state index contributed by atoms with van der Waals surface area (Å²) in [5.74, 6) is -0.496. The molecule has 0 saturated carbocycles. The number of hydrogen-bond acceptors (Lipinski definition) is 5. The maximum atomic E-state index is 15.0. The Morgan fingerprint density at radius 3 is 2.25 bits per heavy atom. The third kappa shape index (κ3) is 6.77. The van der Waals surface area contributed by atoms with Gasteiger partial charge in [-0.25, -0.2) is 4.39 Å². The van der Waals surface area contributed by atoms with Gasteiger partial charge in [-0.3, -0.25) is 14.6 Å². The van der Waals surface area contributed by atoms with Crippen molar-refractivity contribution in [3.8, 4) is 28.0 Å². The number of benzene rings is 3. The number of nitrogens with zero attached hydrogens (tertiary/aromatic N) is 4. The largest absolute Gasteiger partial charge is 0.507 e. The Kier molecular flexibility index (Phi) is 9.06. The first-order valence-corrected chi connectivity index (χ1v) is 13.9. The second kappa shape index (κ2) is 12.3. The average molecular weight is 565 g/mol. The van der Waals surface area contributed by atoms with Crippen LogP contribution in [-0.2, 0) is 4.79 Å². The summed E-state index contributed by atoms with van der Waals surface area (Å²) in [5, 5.41) is 11.6. The standard InChI is InChI=1S/C32H38ClFN4O2/c1-32(2,3)38-13-7-12-36(16-17-38)26-9-6-8-23(18-26)27-20-25(34)21-28(31(27)40)24-10-11-30(29(33)19-24)37(22-39)15-14-35(4)5/h6,8-11,14-15,18-22,40H,7,12-13,16-17H2,1-5H3/b15-14-. The SMILES string of the molecule is CN(C)/C=C\N(C=O)c1ccc(-c2cc(F)cc(-c3cccc(N4CCCN(C(C)(C)C)CC4)c3)c2O)cc1Cl. The molecule has 0 spiro atoms. The summed E-state index contributed by atoms with van der Waals surface area (Å²) < 4.78 is 15.0.